The van der Waals surface area contributed by atoms with E-state index in [1.54, 1.807) is 35.2 Å². The topological polar surface area (TPSA) is 79.3 Å². The highest BCUT2D eigenvalue weighted by Crippen LogP contribution is 2.17. The van der Waals surface area contributed by atoms with E-state index in [9.17, 15) is 9.59 Å². The van der Waals surface area contributed by atoms with Crippen molar-refractivity contribution in [2.24, 2.45) is 0 Å². The summed E-state index contributed by atoms with van der Waals surface area (Å²) in [7, 11) is 0. The van der Waals surface area contributed by atoms with Gasteiger partial charge in [-0.25, -0.2) is 0 Å². The number of benzene rings is 1. The number of rotatable bonds is 6. The lowest BCUT2D eigenvalue weighted by atomic mass is 10.1. The zero-order valence-corrected chi connectivity index (χ0v) is 17.2. The number of nitrogens with one attached hydrogen (secondary N) is 2. The first-order valence-corrected chi connectivity index (χ1v) is 9.59. The van der Waals surface area contributed by atoms with Crippen molar-refractivity contribution >= 4 is 29.9 Å². The maximum absolute atomic E-state index is 12.5. The molecule has 2 amide bonds. The van der Waals surface area contributed by atoms with Crippen LogP contribution < -0.4 is 10.6 Å². The number of halogens is 1. The summed E-state index contributed by atoms with van der Waals surface area (Å²) in [5.74, 6) is -0.310. The Kier molecular flexibility index (Phi) is 8.02. The Bertz CT molecular complexity index is 797. The van der Waals surface area contributed by atoms with Gasteiger partial charge >= 0.3 is 0 Å². The molecule has 1 aromatic heterocycles. The van der Waals surface area contributed by atoms with E-state index >= 15 is 0 Å². The third-order valence-electron chi connectivity index (χ3n) is 4.90. The van der Waals surface area contributed by atoms with Gasteiger partial charge in [0.1, 0.15) is 0 Å². The molecule has 1 saturated heterocycles. The van der Waals surface area contributed by atoms with E-state index in [4.69, 9.17) is 0 Å². The summed E-state index contributed by atoms with van der Waals surface area (Å²) in [6.07, 6.45) is 4.03. The fourth-order valence-corrected chi connectivity index (χ4v) is 3.34. The van der Waals surface area contributed by atoms with E-state index in [2.05, 4.69) is 15.7 Å². The Hall–Kier alpha value is -2.38. The summed E-state index contributed by atoms with van der Waals surface area (Å²) in [6, 6.07) is 9.05. The van der Waals surface area contributed by atoms with Gasteiger partial charge in [0.2, 0.25) is 0 Å². The van der Waals surface area contributed by atoms with Gasteiger partial charge in [0.05, 0.1) is 6.04 Å². The fourth-order valence-electron chi connectivity index (χ4n) is 3.34. The molecular formula is C20H28ClN5O2. The van der Waals surface area contributed by atoms with Crippen LogP contribution in [0.5, 0.6) is 0 Å². The van der Waals surface area contributed by atoms with Crippen molar-refractivity contribution in [1.82, 2.24) is 20.0 Å². The van der Waals surface area contributed by atoms with E-state index in [0.717, 1.165) is 25.9 Å². The van der Waals surface area contributed by atoms with Crippen molar-refractivity contribution in [1.29, 1.82) is 0 Å². The smallest absolute Gasteiger partial charge is 0.276 e. The molecule has 1 atom stereocenters. The van der Waals surface area contributed by atoms with Crippen molar-refractivity contribution in [3.8, 4) is 0 Å². The van der Waals surface area contributed by atoms with Gasteiger partial charge in [-0.3, -0.25) is 14.3 Å². The van der Waals surface area contributed by atoms with E-state index in [0.29, 0.717) is 30.0 Å². The number of amides is 2. The van der Waals surface area contributed by atoms with Crippen LogP contribution in [-0.2, 0) is 0 Å². The van der Waals surface area contributed by atoms with Crippen molar-refractivity contribution in [3.05, 3.63) is 47.8 Å². The third-order valence-corrected chi connectivity index (χ3v) is 4.90. The van der Waals surface area contributed by atoms with Crippen molar-refractivity contribution in [2.45, 2.75) is 32.7 Å². The number of carbonyl (C=O) groups excluding carboxylic acids is 2. The first kappa shape index (κ1) is 21.9. The first-order valence-electron chi connectivity index (χ1n) is 9.59. The molecule has 2 N–H and O–H groups in total. The van der Waals surface area contributed by atoms with Crippen LogP contribution in [0.4, 0.5) is 5.69 Å². The Labute approximate surface area is 171 Å². The lowest BCUT2D eigenvalue weighted by Crippen LogP contribution is -2.32. The highest BCUT2D eigenvalue weighted by molar-refractivity contribution is 6.03. The molecule has 1 fully saturated rings. The maximum atomic E-state index is 12.5. The molecule has 0 aliphatic carbocycles. The predicted octanol–water partition coefficient (Wildman–Crippen LogP) is 2.96. The second-order valence-corrected chi connectivity index (χ2v) is 6.69. The number of hydrogen-bond acceptors (Lipinski definition) is 4. The standard InChI is InChI=1S/C20H27N5O2.ClH/c1-3-24(4-2)20(27)15-7-5-8-16(13-15)22-19(26)18-10-12-25(23-18)17-9-6-11-21-14-17;/h5,7-8,10,12-13,17,21H,3-4,6,9,11,14H2,1-2H3,(H,22,26);1H. The van der Waals surface area contributed by atoms with E-state index in [1.165, 1.54) is 0 Å². The average molecular weight is 406 g/mol. The van der Waals surface area contributed by atoms with Gasteiger partial charge in [-0.2, -0.15) is 5.10 Å². The van der Waals surface area contributed by atoms with Crippen LogP contribution in [0.15, 0.2) is 36.5 Å². The van der Waals surface area contributed by atoms with Gasteiger partial charge in [-0.15, -0.1) is 12.4 Å². The van der Waals surface area contributed by atoms with Gasteiger partial charge in [0.15, 0.2) is 5.69 Å². The molecule has 1 aliphatic heterocycles. The van der Waals surface area contributed by atoms with Gasteiger partial charge in [0, 0.05) is 37.1 Å². The minimum absolute atomic E-state index is 0. The summed E-state index contributed by atoms with van der Waals surface area (Å²) >= 11 is 0. The molecule has 1 unspecified atom stereocenters. The van der Waals surface area contributed by atoms with Gasteiger partial charge in [-0.05, 0) is 57.5 Å². The number of carbonyl (C=O) groups is 2. The second-order valence-electron chi connectivity index (χ2n) is 6.69. The molecule has 0 saturated carbocycles. The lowest BCUT2D eigenvalue weighted by molar-refractivity contribution is 0.0772. The van der Waals surface area contributed by atoms with Crippen LogP contribution in [0.1, 0.15) is 53.6 Å². The molecule has 0 radical (unpaired) electrons. The Balaban J connectivity index is 0.00000280. The minimum atomic E-state index is -0.273. The Morgan fingerprint density at radius 3 is 2.75 bits per heavy atom. The third kappa shape index (κ3) is 5.11. The van der Waals surface area contributed by atoms with Gasteiger partial charge in [0.25, 0.3) is 11.8 Å². The Morgan fingerprint density at radius 2 is 2.07 bits per heavy atom. The van der Waals surface area contributed by atoms with E-state index in [1.807, 2.05) is 24.7 Å². The van der Waals surface area contributed by atoms with E-state index in [-0.39, 0.29) is 30.3 Å². The zero-order chi connectivity index (χ0) is 19.2. The van der Waals surface area contributed by atoms with Crippen molar-refractivity contribution < 1.29 is 9.59 Å². The molecule has 28 heavy (non-hydrogen) atoms. The normalized spacial score (nSPS) is 16.1. The van der Waals surface area contributed by atoms with Gasteiger partial charge < -0.3 is 15.5 Å². The fraction of sp³-hybridized carbons (Fsp3) is 0.450. The number of aromatic nitrogens is 2. The molecule has 0 bridgehead atoms. The van der Waals surface area contributed by atoms with Crippen LogP contribution >= 0.6 is 12.4 Å². The summed E-state index contributed by atoms with van der Waals surface area (Å²) < 4.78 is 1.86. The number of piperidine rings is 1. The molecule has 1 aromatic carbocycles. The second kappa shape index (κ2) is 10.2. The van der Waals surface area contributed by atoms with Crippen molar-refractivity contribution in [3.63, 3.8) is 0 Å². The lowest BCUT2D eigenvalue weighted by Gasteiger charge is -2.22. The molecule has 8 heteroatoms. The number of anilines is 1. The van der Waals surface area contributed by atoms with Crippen LogP contribution in [0.25, 0.3) is 0 Å². The molecular weight excluding hydrogens is 378 g/mol. The van der Waals surface area contributed by atoms with Crippen LogP contribution in [-0.4, -0.2) is 52.7 Å². The average Bonchev–Trinajstić information content (AvgIpc) is 3.20. The quantitative estimate of drug-likeness (QED) is 0.774. The Morgan fingerprint density at radius 1 is 1.29 bits per heavy atom. The molecule has 152 valence electrons. The predicted molar refractivity (Wildman–Crippen MR) is 112 cm³/mol. The molecule has 3 rings (SSSR count). The van der Waals surface area contributed by atoms with E-state index < -0.39 is 0 Å². The van der Waals surface area contributed by atoms with Crippen LogP contribution in [0.2, 0.25) is 0 Å². The summed E-state index contributed by atoms with van der Waals surface area (Å²) in [5.41, 5.74) is 1.53. The SMILES string of the molecule is CCN(CC)C(=O)c1cccc(NC(=O)c2ccn(C3CCCNC3)n2)c1.Cl. The molecule has 2 heterocycles. The zero-order valence-electron chi connectivity index (χ0n) is 16.4. The monoisotopic (exact) mass is 405 g/mol. The highest BCUT2D eigenvalue weighted by Gasteiger charge is 2.18. The molecule has 0 spiro atoms. The van der Waals surface area contributed by atoms with Crippen molar-refractivity contribution in [2.75, 3.05) is 31.5 Å². The maximum Gasteiger partial charge on any atom is 0.276 e. The molecule has 7 nitrogen and oxygen atoms in total. The highest BCUT2D eigenvalue weighted by atomic mass is 35.5. The van der Waals surface area contributed by atoms with Crippen LogP contribution in [0.3, 0.4) is 0 Å². The first-order chi connectivity index (χ1) is 13.1. The summed E-state index contributed by atoms with van der Waals surface area (Å²) in [4.78, 5) is 26.8. The van der Waals surface area contributed by atoms with Gasteiger partial charge in [-0.1, -0.05) is 6.07 Å². The number of hydrogen-bond donors (Lipinski definition) is 2. The van der Waals surface area contributed by atoms with Crippen LogP contribution in [0, 0.1) is 0 Å². The molecule has 2 aromatic rings. The number of nitrogens with zero attached hydrogens (tertiary/aromatic N) is 3. The largest absolute Gasteiger partial charge is 0.339 e. The summed E-state index contributed by atoms with van der Waals surface area (Å²) in [6.45, 7) is 7.11. The molecule has 1 aliphatic rings. The minimum Gasteiger partial charge on any atom is -0.339 e. The summed E-state index contributed by atoms with van der Waals surface area (Å²) in [5, 5.41) is 10.6.